The Morgan fingerprint density at radius 3 is 2.21 bits per heavy atom. The van der Waals surface area contributed by atoms with Crippen LogP contribution >= 0.6 is 0 Å². The van der Waals surface area contributed by atoms with Crippen molar-refractivity contribution in [3.63, 3.8) is 0 Å². The molecular weight excluding hydrogens is 418 g/mol. The van der Waals surface area contributed by atoms with Gasteiger partial charge in [0.25, 0.3) is 0 Å². The number of carbonyl (C=O) groups is 3. The number of carbonyl (C=O) groups excluding carboxylic acids is 3. The number of alkyl carbamates (subject to hydrolysis) is 1. The van der Waals surface area contributed by atoms with Crippen LogP contribution < -0.4 is 10.6 Å². The van der Waals surface area contributed by atoms with E-state index in [4.69, 9.17) is 4.74 Å². The number of nitrogens with one attached hydrogen (secondary N) is 2. The summed E-state index contributed by atoms with van der Waals surface area (Å²) in [5.74, 6) is -0.492. The van der Waals surface area contributed by atoms with Gasteiger partial charge in [0.05, 0.1) is 0 Å². The Labute approximate surface area is 198 Å². The van der Waals surface area contributed by atoms with Crippen LogP contribution in [0.5, 0.6) is 0 Å². The zero-order valence-electron chi connectivity index (χ0n) is 21.0. The number of hydrogen-bond donors (Lipinski definition) is 2. The fraction of sp³-hybridized carbons (Fsp3) is 0.654. The summed E-state index contributed by atoms with van der Waals surface area (Å²) in [6.07, 6.45) is 5.33. The third kappa shape index (κ3) is 8.06. The average Bonchev–Trinajstić information content (AvgIpc) is 2.76. The van der Waals surface area contributed by atoms with E-state index in [0.29, 0.717) is 6.42 Å². The zero-order valence-corrected chi connectivity index (χ0v) is 21.0. The summed E-state index contributed by atoms with van der Waals surface area (Å²) in [6, 6.07) is 7.68. The maximum absolute atomic E-state index is 13.6. The van der Waals surface area contributed by atoms with Crippen LogP contribution in [0.15, 0.2) is 30.3 Å². The van der Waals surface area contributed by atoms with Crippen LogP contribution in [0.25, 0.3) is 0 Å². The van der Waals surface area contributed by atoms with Gasteiger partial charge in [-0.2, -0.15) is 0 Å². The van der Waals surface area contributed by atoms with Crippen LogP contribution in [0.4, 0.5) is 4.79 Å². The molecule has 0 spiro atoms. The first-order chi connectivity index (χ1) is 15.5. The topological polar surface area (TPSA) is 87.7 Å². The van der Waals surface area contributed by atoms with Gasteiger partial charge in [-0.3, -0.25) is 9.59 Å². The van der Waals surface area contributed by atoms with Crippen molar-refractivity contribution in [2.24, 2.45) is 0 Å². The molecule has 2 N–H and O–H groups in total. The maximum Gasteiger partial charge on any atom is 0.408 e. The SMILES string of the molecule is CCC(C)N(C(=O)C(C)NC(=O)OC(C)(C)C)C(C(=O)NC1CCCCC1)c1ccccc1. The van der Waals surface area contributed by atoms with E-state index in [0.717, 1.165) is 31.2 Å². The highest BCUT2D eigenvalue weighted by Crippen LogP contribution is 2.27. The molecule has 1 aromatic carbocycles. The summed E-state index contributed by atoms with van der Waals surface area (Å²) in [7, 11) is 0. The third-order valence-corrected chi connectivity index (χ3v) is 6.02. The van der Waals surface area contributed by atoms with Gasteiger partial charge in [-0.15, -0.1) is 0 Å². The molecule has 0 aromatic heterocycles. The molecule has 1 saturated carbocycles. The van der Waals surface area contributed by atoms with Crippen molar-refractivity contribution in [3.8, 4) is 0 Å². The van der Waals surface area contributed by atoms with Gasteiger partial charge in [0.15, 0.2) is 0 Å². The lowest BCUT2D eigenvalue weighted by atomic mass is 9.94. The first-order valence-electron chi connectivity index (χ1n) is 12.2. The molecular formula is C26H41N3O4. The fourth-order valence-corrected chi connectivity index (χ4v) is 4.17. The van der Waals surface area contributed by atoms with E-state index in [1.54, 1.807) is 32.6 Å². The lowest BCUT2D eigenvalue weighted by molar-refractivity contribution is -0.145. The Bertz CT molecular complexity index is 784. The second-order valence-electron chi connectivity index (χ2n) is 10.0. The Balaban J connectivity index is 2.32. The zero-order chi connectivity index (χ0) is 24.6. The van der Waals surface area contributed by atoms with Crippen molar-refractivity contribution in [3.05, 3.63) is 35.9 Å². The lowest BCUT2D eigenvalue weighted by Gasteiger charge is -2.38. The fourth-order valence-electron chi connectivity index (χ4n) is 4.17. The second kappa shape index (κ2) is 12.1. The van der Waals surface area contributed by atoms with Gasteiger partial charge in [0.2, 0.25) is 11.8 Å². The molecule has 2 rings (SSSR count). The first kappa shape index (κ1) is 26.7. The van der Waals surface area contributed by atoms with Crippen molar-refractivity contribution in [1.82, 2.24) is 15.5 Å². The molecule has 184 valence electrons. The molecule has 3 unspecified atom stereocenters. The van der Waals surface area contributed by atoms with Gasteiger partial charge in [-0.25, -0.2) is 4.79 Å². The minimum Gasteiger partial charge on any atom is -0.444 e. The molecule has 1 aromatic rings. The van der Waals surface area contributed by atoms with Gasteiger partial charge in [-0.05, 0) is 59.4 Å². The standard InChI is InChI=1S/C26H41N3O4/c1-7-18(2)29(24(31)19(3)27-25(32)33-26(4,5)6)22(20-14-10-8-11-15-20)23(30)28-21-16-12-9-13-17-21/h8,10-11,14-15,18-19,21-22H,7,9,12-13,16-17H2,1-6H3,(H,27,32)(H,28,30). The van der Waals surface area contributed by atoms with Gasteiger partial charge in [0.1, 0.15) is 17.7 Å². The minimum atomic E-state index is -0.845. The van der Waals surface area contributed by atoms with Crippen LogP contribution in [0, 0.1) is 0 Å². The Morgan fingerprint density at radius 1 is 1.06 bits per heavy atom. The first-order valence-corrected chi connectivity index (χ1v) is 12.2. The smallest absolute Gasteiger partial charge is 0.408 e. The third-order valence-electron chi connectivity index (χ3n) is 6.02. The number of benzene rings is 1. The molecule has 0 heterocycles. The normalized spacial score (nSPS) is 17.4. The van der Waals surface area contributed by atoms with Gasteiger partial charge >= 0.3 is 6.09 Å². The highest BCUT2D eigenvalue weighted by Gasteiger charge is 2.37. The quantitative estimate of drug-likeness (QED) is 0.589. The van der Waals surface area contributed by atoms with Gasteiger partial charge < -0.3 is 20.3 Å². The predicted molar refractivity (Wildman–Crippen MR) is 130 cm³/mol. The molecule has 7 nitrogen and oxygen atoms in total. The number of amides is 3. The van der Waals surface area contributed by atoms with Crippen molar-refractivity contribution < 1.29 is 19.1 Å². The second-order valence-corrected chi connectivity index (χ2v) is 10.0. The van der Waals surface area contributed by atoms with Gasteiger partial charge in [0, 0.05) is 12.1 Å². The van der Waals surface area contributed by atoms with Gasteiger partial charge in [-0.1, -0.05) is 56.5 Å². The number of hydrogen-bond acceptors (Lipinski definition) is 4. The van der Waals surface area contributed by atoms with Crippen LogP contribution in [-0.4, -0.2) is 46.5 Å². The molecule has 33 heavy (non-hydrogen) atoms. The maximum atomic E-state index is 13.6. The Kier molecular flexibility index (Phi) is 9.74. The van der Waals surface area contributed by atoms with E-state index in [9.17, 15) is 14.4 Å². The van der Waals surface area contributed by atoms with Crippen molar-refractivity contribution in [1.29, 1.82) is 0 Å². The monoisotopic (exact) mass is 459 g/mol. The number of ether oxygens (including phenoxy) is 1. The molecule has 3 atom stereocenters. The molecule has 1 aliphatic rings. The molecule has 1 aliphatic carbocycles. The summed E-state index contributed by atoms with van der Waals surface area (Å²) < 4.78 is 5.32. The van der Waals surface area contributed by atoms with Crippen LogP contribution in [-0.2, 0) is 14.3 Å². The average molecular weight is 460 g/mol. The van der Waals surface area contributed by atoms with E-state index in [2.05, 4.69) is 10.6 Å². The number of rotatable bonds is 8. The van der Waals surface area contributed by atoms with E-state index < -0.39 is 23.8 Å². The van der Waals surface area contributed by atoms with E-state index in [1.165, 1.54) is 6.42 Å². The summed E-state index contributed by atoms with van der Waals surface area (Å²) in [4.78, 5) is 41.1. The summed E-state index contributed by atoms with van der Waals surface area (Å²) >= 11 is 0. The van der Waals surface area contributed by atoms with E-state index >= 15 is 0 Å². The molecule has 1 fully saturated rings. The summed E-state index contributed by atoms with van der Waals surface area (Å²) in [5, 5.41) is 5.84. The predicted octanol–water partition coefficient (Wildman–Crippen LogP) is 4.72. The largest absolute Gasteiger partial charge is 0.444 e. The van der Waals surface area contributed by atoms with E-state index in [-0.39, 0.29) is 23.9 Å². The molecule has 7 heteroatoms. The molecule has 3 amide bonds. The Morgan fingerprint density at radius 2 is 1.67 bits per heavy atom. The van der Waals surface area contributed by atoms with Crippen molar-refractivity contribution in [2.45, 2.75) is 110 Å². The van der Waals surface area contributed by atoms with Crippen molar-refractivity contribution in [2.75, 3.05) is 0 Å². The van der Waals surface area contributed by atoms with Crippen LogP contribution in [0.1, 0.15) is 91.7 Å². The molecule has 0 bridgehead atoms. The van der Waals surface area contributed by atoms with Crippen molar-refractivity contribution >= 4 is 17.9 Å². The summed E-state index contributed by atoms with van der Waals surface area (Å²) in [5.41, 5.74) is 0.0827. The molecule has 0 radical (unpaired) electrons. The van der Waals surface area contributed by atoms with Crippen LogP contribution in [0.3, 0.4) is 0 Å². The highest BCUT2D eigenvalue weighted by molar-refractivity contribution is 5.92. The Hall–Kier alpha value is -2.57. The minimum absolute atomic E-state index is 0.128. The lowest BCUT2D eigenvalue weighted by Crippen LogP contribution is -2.55. The molecule has 0 saturated heterocycles. The highest BCUT2D eigenvalue weighted by atomic mass is 16.6. The summed E-state index contributed by atoms with van der Waals surface area (Å²) in [6.45, 7) is 10.9. The molecule has 0 aliphatic heterocycles. The van der Waals surface area contributed by atoms with Crippen LogP contribution in [0.2, 0.25) is 0 Å². The van der Waals surface area contributed by atoms with E-state index in [1.807, 2.05) is 44.2 Å². The number of nitrogens with zero attached hydrogens (tertiary/aromatic N) is 1.